The number of methoxy groups -OCH3 is 1. The molecule has 22 heavy (non-hydrogen) atoms. The second-order valence-electron chi connectivity index (χ2n) is 4.38. The van der Waals surface area contributed by atoms with Gasteiger partial charge in [-0.05, 0) is 26.7 Å². The quantitative estimate of drug-likeness (QED) is 0.423. The molecule has 130 valence electrons. The third-order valence-corrected chi connectivity index (χ3v) is 5.96. The van der Waals surface area contributed by atoms with Crippen molar-refractivity contribution >= 4 is 25.3 Å². The fraction of sp³-hybridized carbons (Fsp3) is 0.786. The second kappa shape index (κ2) is 11.1. The number of allylic oxidation sites excluding steroid dienone is 1. The molecule has 0 fully saturated rings. The number of carbonyl (C=O) groups excluding carboxylic acids is 1. The van der Waals surface area contributed by atoms with Crippen LogP contribution in [0.4, 0.5) is 4.79 Å². The lowest BCUT2D eigenvalue weighted by molar-refractivity contribution is 0.127. The van der Waals surface area contributed by atoms with Crippen LogP contribution in [0, 0.1) is 0 Å². The number of amides is 1. The Bertz CT molecular complexity index is 400. The molecule has 0 bridgehead atoms. The van der Waals surface area contributed by atoms with Crippen molar-refractivity contribution in [1.29, 1.82) is 0 Å². The van der Waals surface area contributed by atoms with Crippen molar-refractivity contribution in [3.8, 4) is 0 Å². The summed E-state index contributed by atoms with van der Waals surface area (Å²) in [6, 6.07) is 0. The predicted octanol–water partition coefficient (Wildman–Crippen LogP) is 4.59. The molecule has 6 nitrogen and oxygen atoms in total. The molecule has 0 aliphatic heterocycles. The summed E-state index contributed by atoms with van der Waals surface area (Å²) in [5.41, 5.74) is 1.00. The maximum absolute atomic E-state index is 13.0. The van der Waals surface area contributed by atoms with Crippen LogP contribution in [0.15, 0.2) is 11.8 Å². The van der Waals surface area contributed by atoms with E-state index < -0.39 is 19.5 Å². The standard InChI is InChI=1S/C14H27ClNO5P/c1-6-12(7-2)11-16(14(17)19-5)13(10-15)22(18,20-8-3)21-9-4/h11,13H,6-10H2,1-5H3. The zero-order valence-electron chi connectivity index (χ0n) is 14.0. The number of ether oxygens (including phenoxy) is 1. The molecule has 0 rings (SSSR count). The van der Waals surface area contributed by atoms with Gasteiger partial charge in [-0.15, -0.1) is 11.6 Å². The van der Waals surface area contributed by atoms with Gasteiger partial charge >= 0.3 is 13.7 Å². The fourth-order valence-corrected chi connectivity index (χ4v) is 4.30. The summed E-state index contributed by atoms with van der Waals surface area (Å²) in [5.74, 6) is -1.03. The average molecular weight is 356 g/mol. The third-order valence-electron chi connectivity index (χ3n) is 3.06. The minimum absolute atomic E-state index is 0.0937. The first kappa shape index (κ1) is 21.4. The number of alkyl halides is 1. The van der Waals surface area contributed by atoms with E-state index in [0.717, 1.165) is 18.4 Å². The Kier molecular flexibility index (Phi) is 10.8. The highest BCUT2D eigenvalue weighted by molar-refractivity contribution is 7.54. The van der Waals surface area contributed by atoms with Gasteiger partial charge in [0.2, 0.25) is 0 Å². The molecule has 1 unspecified atom stereocenters. The van der Waals surface area contributed by atoms with Crippen LogP contribution in [0.5, 0.6) is 0 Å². The lowest BCUT2D eigenvalue weighted by atomic mass is 10.2. The van der Waals surface area contributed by atoms with E-state index in [9.17, 15) is 9.36 Å². The van der Waals surface area contributed by atoms with Crippen molar-refractivity contribution in [2.75, 3.05) is 26.2 Å². The van der Waals surface area contributed by atoms with E-state index in [1.165, 1.54) is 12.0 Å². The Morgan fingerprint density at radius 2 is 1.68 bits per heavy atom. The van der Waals surface area contributed by atoms with Gasteiger partial charge in [0.25, 0.3) is 0 Å². The highest BCUT2D eigenvalue weighted by atomic mass is 35.5. The van der Waals surface area contributed by atoms with E-state index in [1.54, 1.807) is 20.0 Å². The number of carbonyl (C=O) groups is 1. The van der Waals surface area contributed by atoms with E-state index >= 15 is 0 Å². The fourth-order valence-electron chi connectivity index (χ4n) is 1.88. The van der Waals surface area contributed by atoms with Crippen molar-refractivity contribution in [2.45, 2.75) is 46.3 Å². The molecule has 1 atom stereocenters. The summed E-state index contributed by atoms with van der Waals surface area (Å²) in [6.07, 6.45) is 2.49. The van der Waals surface area contributed by atoms with Crippen LogP contribution < -0.4 is 0 Å². The van der Waals surface area contributed by atoms with E-state index in [1.807, 2.05) is 13.8 Å². The van der Waals surface area contributed by atoms with Gasteiger partial charge < -0.3 is 13.8 Å². The van der Waals surface area contributed by atoms with Gasteiger partial charge in [0, 0.05) is 6.20 Å². The molecule has 0 saturated heterocycles. The molecule has 0 aromatic heterocycles. The van der Waals surface area contributed by atoms with Crippen LogP contribution in [0.2, 0.25) is 0 Å². The Morgan fingerprint density at radius 3 is 2.00 bits per heavy atom. The number of halogens is 1. The lowest BCUT2D eigenvalue weighted by Gasteiger charge is -2.32. The van der Waals surface area contributed by atoms with Crippen molar-refractivity contribution in [2.24, 2.45) is 0 Å². The molecule has 0 aromatic rings. The Morgan fingerprint density at radius 1 is 1.18 bits per heavy atom. The Hall–Kier alpha value is -0.550. The number of hydrogen-bond acceptors (Lipinski definition) is 5. The van der Waals surface area contributed by atoms with E-state index in [-0.39, 0.29) is 19.1 Å². The molecule has 0 spiro atoms. The summed E-state index contributed by atoms with van der Waals surface area (Å²) in [7, 11) is -2.32. The zero-order valence-corrected chi connectivity index (χ0v) is 15.7. The predicted molar refractivity (Wildman–Crippen MR) is 88.3 cm³/mol. The molecular formula is C14H27ClNO5P. The molecule has 0 aliphatic rings. The van der Waals surface area contributed by atoms with E-state index in [4.69, 9.17) is 25.4 Å². The molecule has 0 N–H and O–H groups in total. The van der Waals surface area contributed by atoms with Crippen LogP contribution >= 0.6 is 19.2 Å². The molecular weight excluding hydrogens is 329 g/mol. The van der Waals surface area contributed by atoms with Crippen LogP contribution in [-0.4, -0.2) is 43.0 Å². The zero-order chi connectivity index (χ0) is 17.2. The third kappa shape index (κ3) is 5.92. The van der Waals surface area contributed by atoms with Crippen LogP contribution in [0.3, 0.4) is 0 Å². The van der Waals surface area contributed by atoms with Crippen molar-refractivity contribution in [3.63, 3.8) is 0 Å². The minimum atomic E-state index is -3.58. The second-order valence-corrected chi connectivity index (χ2v) is 6.88. The van der Waals surface area contributed by atoms with Crippen LogP contribution in [0.25, 0.3) is 0 Å². The number of nitrogens with zero attached hydrogens (tertiary/aromatic N) is 1. The van der Waals surface area contributed by atoms with Crippen molar-refractivity contribution < 1.29 is 23.1 Å². The maximum atomic E-state index is 13.0. The molecule has 8 heteroatoms. The van der Waals surface area contributed by atoms with E-state index in [2.05, 4.69) is 0 Å². The molecule has 0 aromatic carbocycles. The minimum Gasteiger partial charge on any atom is -0.452 e. The highest BCUT2D eigenvalue weighted by Gasteiger charge is 2.41. The Balaban J connectivity index is 5.76. The topological polar surface area (TPSA) is 65.1 Å². The molecule has 0 heterocycles. The SMILES string of the molecule is CCOP(=O)(OCC)C(CCl)N(C=C(CC)CC)C(=O)OC. The number of hydrogen-bond donors (Lipinski definition) is 0. The van der Waals surface area contributed by atoms with Gasteiger partial charge in [-0.2, -0.15) is 0 Å². The van der Waals surface area contributed by atoms with Crippen LogP contribution in [-0.2, 0) is 18.3 Å². The van der Waals surface area contributed by atoms with Gasteiger partial charge in [0.1, 0.15) is 0 Å². The smallest absolute Gasteiger partial charge is 0.414 e. The summed E-state index contributed by atoms with van der Waals surface area (Å²) in [4.78, 5) is 13.3. The lowest BCUT2D eigenvalue weighted by Crippen LogP contribution is -2.38. The molecule has 1 amide bonds. The van der Waals surface area contributed by atoms with Gasteiger partial charge in [-0.3, -0.25) is 9.46 Å². The summed E-state index contributed by atoms with van der Waals surface area (Å²) < 4.78 is 28.4. The summed E-state index contributed by atoms with van der Waals surface area (Å²) in [5, 5.41) is 0. The van der Waals surface area contributed by atoms with Gasteiger partial charge in [-0.1, -0.05) is 19.4 Å². The van der Waals surface area contributed by atoms with Gasteiger partial charge in [0.15, 0.2) is 5.78 Å². The first-order valence-electron chi connectivity index (χ1n) is 7.44. The summed E-state index contributed by atoms with van der Waals surface area (Å²) in [6.45, 7) is 7.75. The normalized spacial score (nSPS) is 12.6. The Labute approximate surface area is 138 Å². The first-order chi connectivity index (χ1) is 10.4. The van der Waals surface area contributed by atoms with Crippen molar-refractivity contribution in [3.05, 3.63) is 11.8 Å². The van der Waals surface area contributed by atoms with Crippen LogP contribution in [0.1, 0.15) is 40.5 Å². The van der Waals surface area contributed by atoms with Crippen molar-refractivity contribution in [1.82, 2.24) is 4.90 Å². The number of rotatable bonds is 10. The largest absolute Gasteiger partial charge is 0.452 e. The molecule has 0 saturated carbocycles. The average Bonchev–Trinajstić information content (AvgIpc) is 2.51. The maximum Gasteiger partial charge on any atom is 0.414 e. The van der Waals surface area contributed by atoms with Gasteiger partial charge in [0.05, 0.1) is 26.2 Å². The summed E-state index contributed by atoms with van der Waals surface area (Å²) >= 11 is 5.98. The van der Waals surface area contributed by atoms with Gasteiger partial charge in [-0.25, -0.2) is 4.79 Å². The molecule has 0 radical (unpaired) electrons. The molecule has 0 aliphatic carbocycles. The first-order valence-corrected chi connectivity index (χ1v) is 9.59. The monoisotopic (exact) mass is 355 g/mol. The highest BCUT2D eigenvalue weighted by Crippen LogP contribution is 2.54. The van der Waals surface area contributed by atoms with E-state index in [0.29, 0.717) is 0 Å².